The van der Waals surface area contributed by atoms with Gasteiger partial charge in [-0.25, -0.2) is 0 Å². The Morgan fingerprint density at radius 2 is 1.64 bits per heavy atom. The van der Waals surface area contributed by atoms with Crippen LogP contribution in [0.1, 0.15) is 5.56 Å². The molecule has 0 amide bonds. The molecule has 0 saturated heterocycles. The van der Waals surface area contributed by atoms with Crippen LogP contribution in [0.5, 0.6) is 0 Å². The zero-order valence-corrected chi connectivity index (χ0v) is 11.5. The molecule has 0 aliphatic heterocycles. The molecular weight excluding hydrogens is 245 g/mol. The fraction of sp³-hybridized carbons (Fsp3) is 0. The summed E-state index contributed by atoms with van der Waals surface area (Å²) in [5.41, 5.74) is 5.50. The van der Waals surface area contributed by atoms with E-state index in [0.717, 1.165) is 0 Å². The molecule has 0 fully saturated rings. The molecule has 0 aromatic heterocycles. The fourth-order valence-corrected chi connectivity index (χ4v) is 1.21. The first-order valence-corrected chi connectivity index (χ1v) is 3.98. The van der Waals surface area contributed by atoms with E-state index in [-0.39, 0.29) is 31.9 Å². The second kappa shape index (κ2) is 6.79. The molecule has 1 aromatic rings. The van der Waals surface area contributed by atoms with Crippen LogP contribution in [0.2, 0.25) is 0 Å². The molecule has 1 aromatic carbocycles. The number of benzene rings is 1. The van der Waals surface area contributed by atoms with Gasteiger partial charge >= 0.3 is 0 Å². The van der Waals surface area contributed by atoms with Gasteiger partial charge in [-0.05, 0) is 23.3 Å². The second-order valence-corrected chi connectivity index (χ2v) is 2.65. The summed E-state index contributed by atoms with van der Waals surface area (Å²) in [4.78, 5) is 0. The molecule has 0 unspecified atom stereocenters. The third kappa shape index (κ3) is 3.27. The summed E-state index contributed by atoms with van der Waals surface area (Å²) in [7, 11) is 0. The van der Waals surface area contributed by atoms with Gasteiger partial charge in [0.25, 0.3) is 0 Å². The fourth-order valence-electron chi connectivity index (χ4n) is 1.21. The predicted molar refractivity (Wildman–Crippen MR) is 51.4 cm³/mol. The molecule has 0 nitrogen and oxygen atoms in total. The van der Waals surface area contributed by atoms with Crippen molar-refractivity contribution < 1.29 is 31.9 Å². The minimum Gasteiger partial charge on any atom is -1.00 e. The van der Waals surface area contributed by atoms with E-state index in [1.165, 1.54) is 11.1 Å². The van der Waals surface area contributed by atoms with E-state index in [1.807, 2.05) is 30.4 Å². The van der Waals surface area contributed by atoms with Crippen molar-refractivity contribution in [2.75, 3.05) is 0 Å². The van der Waals surface area contributed by atoms with Crippen LogP contribution in [0.25, 0.3) is 5.57 Å². The summed E-state index contributed by atoms with van der Waals surface area (Å²) >= 11 is 0. The number of hydrogen-bond donors (Lipinski definition) is 0. The molecule has 0 N–H and O–H groups in total. The van der Waals surface area contributed by atoms with Gasteiger partial charge in [0, 0.05) is 25.9 Å². The Bertz CT molecular complexity index is 359. The van der Waals surface area contributed by atoms with Crippen molar-refractivity contribution in [3.63, 3.8) is 0 Å². The minimum atomic E-state index is 0. The molecule has 2 rings (SSSR count). The summed E-state index contributed by atoms with van der Waals surface area (Å²) in [6.45, 7) is 0. The van der Waals surface area contributed by atoms with Crippen molar-refractivity contribution in [2.24, 2.45) is 0 Å². The number of allylic oxidation sites excluding steroid dienone is 3. The van der Waals surface area contributed by atoms with E-state index in [1.54, 1.807) is 0 Å². The molecule has 2 heteroatoms. The van der Waals surface area contributed by atoms with E-state index in [2.05, 4.69) is 30.4 Å². The molecule has 0 spiro atoms. The number of hydrogen-bond acceptors (Lipinski definition) is 0. The molecule has 67 valence electrons. The van der Waals surface area contributed by atoms with Crippen LogP contribution < -0.4 is 12.4 Å². The van der Waals surface area contributed by atoms with Crippen molar-refractivity contribution in [2.45, 2.75) is 0 Å². The Kier molecular flexibility index (Phi) is 6.50. The van der Waals surface area contributed by atoms with E-state index in [9.17, 15) is 0 Å². The summed E-state index contributed by atoms with van der Waals surface area (Å²) in [6.07, 6.45) is 8.00. The third-order valence-corrected chi connectivity index (χ3v) is 1.83. The van der Waals surface area contributed by atoms with Crippen LogP contribution in [-0.4, -0.2) is 0 Å². The third-order valence-electron chi connectivity index (χ3n) is 1.83. The van der Waals surface area contributed by atoms with Crippen LogP contribution in [-0.2, 0) is 19.5 Å². The van der Waals surface area contributed by atoms with E-state index < -0.39 is 0 Å². The van der Waals surface area contributed by atoms with Crippen molar-refractivity contribution in [3.8, 4) is 0 Å². The van der Waals surface area contributed by atoms with Gasteiger partial charge in [-0.15, -0.1) is 5.73 Å². The SMILES string of the molecule is C1=C[CH]C(c2ccccc2)=CC=1.[Cl-].[Zn]. The summed E-state index contributed by atoms with van der Waals surface area (Å²) < 4.78 is 0. The van der Waals surface area contributed by atoms with Gasteiger partial charge < -0.3 is 12.4 Å². The van der Waals surface area contributed by atoms with Gasteiger partial charge in [0.2, 0.25) is 0 Å². The Morgan fingerprint density at radius 1 is 0.929 bits per heavy atom. The molecule has 0 heterocycles. The minimum absolute atomic E-state index is 0. The maximum atomic E-state index is 3.00. The smallest absolute Gasteiger partial charge is 0.0210 e. The zero-order chi connectivity index (χ0) is 8.23. The summed E-state index contributed by atoms with van der Waals surface area (Å²) in [5.74, 6) is 0. The molecule has 0 bridgehead atoms. The topological polar surface area (TPSA) is 0 Å². The largest absolute Gasteiger partial charge is 1.00 e. The average Bonchev–Trinajstić information content (AvgIpc) is 2.21. The molecule has 14 heavy (non-hydrogen) atoms. The summed E-state index contributed by atoms with van der Waals surface area (Å²) in [6, 6.07) is 10.3. The standard InChI is InChI=1S/C12H9.ClH.Zn/c1-3-7-11(8-4-1)12-9-5-2-6-10-12;;/h1,3-10H;1H;/p-1. The average molecular weight is 254 g/mol. The van der Waals surface area contributed by atoms with E-state index in [0.29, 0.717) is 0 Å². The van der Waals surface area contributed by atoms with Crippen molar-refractivity contribution in [1.29, 1.82) is 0 Å². The van der Waals surface area contributed by atoms with Crippen LogP contribution in [0.3, 0.4) is 0 Å². The Hall–Kier alpha value is -0.607. The van der Waals surface area contributed by atoms with Crippen LogP contribution >= 0.6 is 0 Å². The van der Waals surface area contributed by atoms with Crippen LogP contribution in [0.15, 0.2) is 54.3 Å². The molecule has 1 radical (unpaired) electrons. The first kappa shape index (κ1) is 13.4. The van der Waals surface area contributed by atoms with Gasteiger partial charge in [0.1, 0.15) is 0 Å². The van der Waals surface area contributed by atoms with Gasteiger partial charge in [-0.1, -0.05) is 36.4 Å². The van der Waals surface area contributed by atoms with E-state index >= 15 is 0 Å². The Morgan fingerprint density at radius 3 is 2.21 bits per heavy atom. The number of rotatable bonds is 1. The van der Waals surface area contributed by atoms with Gasteiger partial charge in [0.05, 0.1) is 0 Å². The molecular formula is C12H9ClZn-. The quantitative estimate of drug-likeness (QED) is 0.489. The van der Waals surface area contributed by atoms with Gasteiger partial charge in [-0.3, -0.25) is 0 Å². The first-order chi connectivity index (χ1) is 5.97. The molecule has 0 atom stereocenters. The normalized spacial score (nSPS) is 12.4. The molecule has 1 aliphatic carbocycles. The maximum Gasteiger partial charge on any atom is 0.0210 e. The first-order valence-electron chi connectivity index (χ1n) is 3.98. The van der Waals surface area contributed by atoms with Gasteiger partial charge in [0.15, 0.2) is 0 Å². The van der Waals surface area contributed by atoms with Crippen molar-refractivity contribution >= 4 is 5.57 Å². The van der Waals surface area contributed by atoms with Crippen molar-refractivity contribution in [1.82, 2.24) is 0 Å². The molecule has 1 aliphatic rings. The maximum absolute atomic E-state index is 3.00. The monoisotopic (exact) mass is 252 g/mol. The van der Waals surface area contributed by atoms with Crippen molar-refractivity contribution in [3.05, 3.63) is 66.3 Å². The Balaban J connectivity index is 0.000000845. The Labute approximate surface area is 104 Å². The predicted octanol–water partition coefficient (Wildman–Crippen LogP) is 0.000690. The van der Waals surface area contributed by atoms with E-state index in [4.69, 9.17) is 0 Å². The summed E-state index contributed by atoms with van der Waals surface area (Å²) in [5, 5.41) is 0. The molecule has 0 saturated carbocycles. The zero-order valence-electron chi connectivity index (χ0n) is 7.78. The number of halogens is 1. The van der Waals surface area contributed by atoms with Crippen LogP contribution in [0, 0.1) is 6.42 Å². The van der Waals surface area contributed by atoms with Gasteiger partial charge in [-0.2, -0.15) is 0 Å². The van der Waals surface area contributed by atoms with Crippen LogP contribution in [0.4, 0.5) is 0 Å². The second-order valence-electron chi connectivity index (χ2n) is 2.65.